The SMILES string of the molecule is CC(=O)NCc1ccc(C(=O)NCCCN2c3ccccc3Sc3ccccc32)cc1. The fraction of sp³-hybridized carbons (Fsp3) is 0.200. The Bertz CT molecular complexity index is 1040. The second kappa shape index (κ2) is 9.71. The maximum atomic E-state index is 12.5. The lowest BCUT2D eigenvalue weighted by molar-refractivity contribution is -0.119. The summed E-state index contributed by atoms with van der Waals surface area (Å²) in [5.41, 5.74) is 4.02. The van der Waals surface area contributed by atoms with Crippen LogP contribution in [0.15, 0.2) is 82.6 Å². The van der Waals surface area contributed by atoms with Crippen molar-refractivity contribution < 1.29 is 9.59 Å². The molecule has 158 valence electrons. The van der Waals surface area contributed by atoms with Crippen LogP contribution in [-0.2, 0) is 11.3 Å². The van der Waals surface area contributed by atoms with E-state index in [1.807, 2.05) is 12.1 Å². The lowest BCUT2D eigenvalue weighted by Gasteiger charge is -2.32. The number of hydrogen-bond acceptors (Lipinski definition) is 4. The van der Waals surface area contributed by atoms with Gasteiger partial charge in [-0.05, 0) is 48.4 Å². The highest BCUT2D eigenvalue weighted by Gasteiger charge is 2.22. The van der Waals surface area contributed by atoms with E-state index < -0.39 is 0 Å². The third-order valence-electron chi connectivity index (χ3n) is 5.13. The molecule has 31 heavy (non-hydrogen) atoms. The third kappa shape index (κ3) is 5.09. The lowest BCUT2D eigenvalue weighted by Crippen LogP contribution is -2.29. The zero-order valence-corrected chi connectivity index (χ0v) is 18.2. The van der Waals surface area contributed by atoms with Crippen molar-refractivity contribution in [3.63, 3.8) is 0 Å². The van der Waals surface area contributed by atoms with E-state index in [1.54, 1.807) is 23.9 Å². The second-order valence-corrected chi connectivity index (χ2v) is 8.49. The van der Waals surface area contributed by atoms with E-state index in [4.69, 9.17) is 0 Å². The average molecular weight is 432 g/mol. The fourth-order valence-electron chi connectivity index (χ4n) is 3.56. The Morgan fingerprint density at radius 2 is 1.45 bits per heavy atom. The Morgan fingerprint density at radius 1 is 0.839 bits per heavy atom. The summed E-state index contributed by atoms with van der Waals surface area (Å²) in [7, 11) is 0. The summed E-state index contributed by atoms with van der Waals surface area (Å²) in [6.07, 6.45) is 0.833. The number of carbonyl (C=O) groups is 2. The predicted molar refractivity (Wildman–Crippen MR) is 125 cm³/mol. The van der Waals surface area contributed by atoms with Gasteiger partial charge in [0.1, 0.15) is 0 Å². The number of hydrogen-bond donors (Lipinski definition) is 2. The topological polar surface area (TPSA) is 61.4 Å². The quantitative estimate of drug-likeness (QED) is 0.530. The number of benzene rings is 3. The summed E-state index contributed by atoms with van der Waals surface area (Å²) in [4.78, 5) is 28.3. The Hall–Kier alpha value is -3.25. The lowest BCUT2D eigenvalue weighted by atomic mass is 10.1. The standard InChI is InChI=1S/C25H25N3O2S/c1-18(29)27-17-19-11-13-20(14-12-19)25(30)26-15-6-16-28-21-7-2-4-9-23(21)31-24-10-5-3-8-22(24)28/h2-5,7-14H,6,15-17H2,1H3,(H,26,30)(H,27,29). The molecule has 0 aromatic heterocycles. The van der Waals surface area contributed by atoms with Crippen LogP contribution >= 0.6 is 11.8 Å². The van der Waals surface area contributed by atoms with Crippen LogP contribution in [0.4, 0.5) is 11.4 Å². The van der Waals surface area contributed by atoms with Gasteiger partial charge in [0.25, 0.3) is 5.91 Å². The zero-order chi connectivity index (χ0) is 21.6. The molecule has 0 atom stereocenters. The Labute approximate surface area is 186 Å². The smallest absolute Gasteiger partial charge is 0.251 e. The Kier molecular flexibility index (Phi) is 6.57. The minimum absolute atomic E-state index is 0.0700. The van der Waals surface area contributed by atoms with Gasteiger partial charge in [0.15, 0.2) is 0 Å². The Balaban J connectivity index is 1.33. The van der Waals surface area contributed by atoms with Crippen LogP contribution in [-0.4, -0.2) is 24.9 Å². The van der Waals surface area contributed by atoms with Gasteiger partial charge < -0.3 is 15.5 Å². The van der Waals surface area contributed by atoms with E-state index in [-0.39, 0.29) is 11.8 Å². The largest absolute Gasteiger partial charge is 0.352 e. The maximum Gasteiger partial charge on any atom is 0.251 e. The summed E-state index contributed by atoms with van der Waals surface area (Å²) in [5, 5.41) is 5.77. The van der Waals surface area contributed by atoms with E-state index >= 15 is 0 Å². The highest BCUT2D eigenvalue weighted by molar-refractivity contribution is 7.99. The third-order valence-corrected chi connectivity index (χ3v) is 6.26. The van der Waals surface area contributed by atoms with Crippen LogP contribution in [0.3, 0.4) is 0 Å². The minimum Gasteiger partial charge on any atom is -0.352 e. The molecular formula is C25H25N3O2S. The number of fused-ring (bicyclic) bond motifs is 2. The minimum atomic E-state index is -0.0823. The molecular weight excluding hydrogens is 406 g/mol. The van der Waals surface area contributed by atoms with E-state index in [2.05, 4.69) is 64.1 Å². The summed E-state index contributed by atoms with van der Waals surface area (Å²) in [5.74, 6) is -0.152. The molecule has 1 aliphatic heterocycles. The van der Waals surface area contributed by atoms with E-state index in [1.165, 1.54) is 28.1 Å². The molecule has 0 saturated heterocycles. The summed E-state index contributed by atoms with van der Waals surface area (Å²) in [6, 6.07) is 24.2. The maximum absolute atomic E-state index is 12.5. The molecule has 2 amide bonds. The van der Waals surface area contributed by atoms with Crippen molar-refractivity contribution in [2.24, 2.45) is 0 Å². The average Bonchev–Trinajstić information content (AvgIpc) is 2.80. The van der Waals surface area contributed by atoms with Gasteiger partial charge in [-0.3, -0.25) is 9.59 Å². The molecule has 2 N–H and O–H groups in total. The highest BCUT2D eigenvalue weighted by Crippen LogP contribution is 2.47. The van der Waals surface area contributed by atoms with Crippen molar-refractivity contribution in [1.29, 1.82) is 0 Å². The van der Waals surface area contributed by atoms with Crippen LogP contribution in [0.2, 0.25) is 0 Å². The van der Waals surface area contributed by atoms with Gasteiger partial charge in [-0.1, -0.05) is 48.2 Å². The predicted octanol–water partition coefficient (Wildman–Crippen LogP) is 4.75. The van der Waals surface area contributed by atoms with Crippen molar-refractivity contribution in [3.8, 4) is 0 Å². The number of amides is 2. The molecule has 0 spiro atoms. The number of rotatable bonds is 7. The molecule has 0 aliphatic carbocycles. The molecule has 0 fully saturated rings. The van der Waals surface area contributed by atoms with Crippen molar-refractivity contribution in [3.05, 3.63) is 83.9 Å². The van der Waals surface area contributed by atoms with Crippen LogP contribution in [0.1, 0.15) is 29.3 Å². The normalized spacial score (nSPS) is 12.0. The van der Waals surface area contributed by atoms with Crippen LogP contribution in [0.25, 0.3) is 0 Å². The van der Waals surface area contributed by atoms with Crippen LogP contribution in [0.5, 0.6) is 0 Å². The first-order valence-corrected chi connectivity index (χ1v) is 11.2. The van der Waals surface area contributed by atoms with Crippen LogP contribution in [0, 0.1) is 0 Å². The molecule has 3 aromatic rings. The summed E-state index contributed by atoms with van der Waals surface area (Å²) in [6.45, 7) is 3.38. The van der Waals surface area contributed by atoms with Crippen molar-refractivity contribution in [2.75, 3.05) is 18.0 Å². The first-order chi connectivity index (χ1) is 15.1. The first-order valence-electron chi connectivity index (χ1n) is 10.4. The molecule has 0 radical (unpaired) electrons. The molecule has 3 aromatic carbocycles. The molecule has 1 heterocycles. The van der Waals surface area contributed by atoms with Gasteiger partial charge in [-0.25, -0.2) is 0 Å². The number of nitrogens with one attached hydrogen (secondary N) is 2. The Morgan fingerprint density at radius 3 is 2.06 bits per heavy atom. The number of carbonyl (C=O) groups excluding carboxylic acids is 2. The van der Waals surface area contributed by atoms with Crippen LogP contribution < -0.4 is 15.5 Å². The van der Waals surface area contributed by atoms with Gasteiger partial charge in [0.05, 0.1) is 11.4 Å². The van der Waals surface area contributed by atoms with E-state index in [9.17, 15) is 9.59 Å². The van der Waals surface area contributed by atoms with Gasteiger partial charge in [0.2, 0.25) is 5.91 Å². The molecule has 1 aliphatic rings. The zero-order valence-electron chi connectivity index (χ0n) is 17.4. The number of para-hydroxylation sites is 2. The van der Waals surface area contributed by atoms with Crippen molar-refractivity contribution in [2.45, 2.75) is 29.7 Å². The van der Waals surface area contributed by atoms with Gasteiger partial charge in [-0.15, -0.1) is 0 Å². The molecule has 5 nitrogen and oxygen atoms in total. The first kappa shape index (κ1) is 21.0. The molecule has 0 unspecified atom stereocenters. The van der Waals surface area contributed by atoms with Crippen molar-refractivity contribution >= 4 is 35.0 Å². The molecule has 0 saturated carbocycles. The molecule has 6 heteroatoms. The van der Waals surface area contributed by atoms with E-state index in [0.717, 1.165) is 18.5 Å². The van der Waals surface area contributed by atoms with E-state index in [0.29, 0.717) is 18.7 Å². The van der Waals surface area contributed by atoms with Gasteiger partial charge >= 0.3 is 0 Å². The molecule has 4 rings (SSSR count). The second-order valence-electron chi connectivity index (χ2n) is 7.41. The molecule has 0 bridgehead atoms. The highest BCUT2D eigenvalue weighted by atomic mass is 32.2. The van der Waals surface area contributed by atoms with Crippen molar-refractivity contribution in [1.82, 2.24) is 10.6 Å². The fourth-order valence-corrected chi connectivity index (χ4v) is 4.66. The summed E-state index contributed by atoms with van der Waals surface area (Å²) >= 11 is 1.80. The van der Waals surface area contributed by atoms with Gasteiger partial charge in [-0.2, -0.15) is 0 Å². The van der Waals surface area contributed by atoms with Gasteiger partial charge in [0, 0.05) is 41.9 Å². The number of anilines is 2. The monoisotopic (exact) mass is 431 g/mol. The summed E-state index contributed by atoms with van der Waals surface area (Å²) < 4.78 is 0. The number of nitrogens with zero attached hydrogens (tertiary/aromatic N) is 1.